The van der Waals surface area contributed by atoms with Crippen LogP contribution in [0.5, 0.6) is 0 Å². The fraction of sp³-hybridized carbons (Fsp3) is 0.0500. The Kier molecular flexibility index (Phi) is 5.71. The summed E-state index contributed by atoms with van der Waals surface area (Å²) in [7, 11) is -2.26. The molecule has 0 unspecified atom stereocenters. The van der Waals surface area contributed by atoms with E-state index in [1.165, 1.54) is 0 Å². The Morgan fingerprint density at radius 3 is 1.09 bits per heavy atom. The van der Waals surface area contributed by atoms with E-state index in [0.717, 1.165) is 15.9 Å². The van der Waals surface area contributed by atoms with Crippen LogP contribution in [0.2, 0.25) is 0 Å². The van der Waals surface area contributed by atoms with E-state index in [1.807, 2.05) is 54.6 Å². The van der Waals surface area contributed by atoms with Crippen LogP contribution in [0.25, 0.3) is 0 Å². The second kappa shape index (κ2) is 7.55. The highest BCUT2D eigenvalue weighted by molar-refractivity contribution is 8.08. The van der Waals surface area contributed by atoms with Crippen LogP contribution in [0.15, 0.2) is 91.0 Å². The van der Waals surface area contributed by atoms with Gasteiger partial charge in [-0.1, -0.05) is 54.6 Å². The van der Waals surface area contributed by atoms with Crippen LogP contribution in [0.1, 0.15) is 6.92 Å². The SMILES string of the molecule is CC(=O)[P+](c1ccccc1)(c1ccccc1)c1ccccc1.Cl. The number of halogens is 1. The molecular weight excluding hydrogens is 323 g/mol. The standard InChI is InChI=1S/C20H18OP.ClH/c1-17(21)22(18-11-5-2-6-12-18,19-13-7-3-8-14-19)20-15-9-4-10-16-20;/h2-16H,1H3;1H/q+1;. The molecule has 0 saturated heterocycles. The summed E-state index contributed by atoms with van der Waals surface area (Å²) in [6, 6.07) is 30.5. The lowest BCUT2D eigenvalue weighted by Gasteiger charge is -2.23. The summed E-state index contributed by atoms with van der Waals surface area (Å²) in [4.78, 5) is 12.9. The maximum Gasteiger partial charge on any atom is 0.280 e. The fourth-order valence-electron chi connectivity index (χ4n) is 2.95. The summed E-state index contributed by atoms with van der Waals surface area (Å²) in [6.45, 7) is 1.72. The largest absolute Gasteiger partial charge is 0.280 e. The molecule has 0 N–H and O–H groups in total. The van der Waals surface area contributed by atoms with Crippen LogP contribution >= 0.6 is 19.7 Å². The van der Waals surface area contributed by atoms with Crippen molar-refractivity contribution in [3.05, 3.63) is 91.0 Å². The van der Waals surface area contributed by atoms with Crippen molar-refractivity contribution in [2.24, 2.45) is 0 Å². The van der Waals surface area contributed by atoms with Gasteiger partial charge in [-0.15, -0.1) is 12.4 Å². The number of hydrogen-bond acceptors (Lipinski definition) is 1. The van der Waals surface area contributed by atoms with Gasteiger partial charge in [-0.2, -0.15) is 0 Å². The quantitative estimate of drug-likeness (QED) is 0.657. The summed E-state index contributed by atoms with van der Waals surface area (Å²) < 4.78 is 0. The van der Waals surface area contributed by atoms with Crippen LogP contribution in [-0.2, 0) is 4.79 Å². The lowest BCUT2D eigenvalue weighted by molar-refractivity contribution is -0.109. The van der Waals surface area contributed by atoms with Gasteiger partial charge >= 0.3 is 0 Å². The van der Waals surface area contributed by atoms with Gasteiger partial charge in [0.1, 0.15) is 15.9 Å². The number of benzene rings is 3. The minimum absolute atomic E-state index is 0. The lowest BCUT2D eigenvalue weighted by Crippen LogP contribution is -2.35. The van der Waals surface area contributed by atoms with Crippen molar-refractivity contribution < 1.29 is 4.79 Å². The van der Waals surface area contributed by atoms with Gasteiger partial charge in [-0.25, -0.2) is 0 Å². The Balaban J connectivity index is 0.00000192. The van der Waals surface area contributed by atoms with E-state index in [-0.39, 0.29) is 17.9 Å². The van der Waals surface area contributed by atoms with E-state index in [0.29, 0.717) is 0 Å². The van der Waals surface area contributed by atoms with Crippen molar-refractivity contribution in [1.29, 1.82) is 0 Å². The third-order valence-electron chi connectivity index (χ3n) is 3.90. The molecule has 0 aliphatic heterocycles. The van der Waals surface area contributed by atoms with E-state index < -0.39 is 7.26 Å². The average molecular weight is 342 g/mol. The molecule has 0 atom stereocenters. The molecule has 1 nitrogen and oxygen atoms in total. The molecule has 0 heterocycles. The van der Waals surface area contributed by atoms with Gasteiger partial charge < -0.3 is 0 Å². The fourth-order valence-corrected chi connectivity index (χ4v) is 6.79. The zero-order valence-electron chi connectivity index (χ0n) is 12.9. The summed E-state index contributed by atoms with van der Waals surface area (Å²) in [6.07, 6.45) is 0. The molecule has 3 rings (SSSR count). The van der Waals surface area contributed by atoms with Gasteiger partial charge in [0.2, 0.25) is 0 Å². The molecule has 3 aromatic carbocycles. The minimum atomic E-state index is -2.26. The molecule has 0 amide bonds. The highest BCUT2D eigenvalue weighted by Crippen LogP contribution is 2.55. The highest BCUT2D eigenvalue weighted by Gasteiger charge is 2.50. The van der Waals surface area contributed by atoms with Crippen LogP contribution in [0.3, 0.4) is 0 Å². The molecule has 0 aliphatic carbocycles. The first kappa shape index (κ1) is 17.4. The zero-order valence-corrected chi connectivity index (χ0v) is 14.6. The number of rotatable bonds is 4. The van der Waals surface area contributed by atoms with E-state index in [4.69, 9.17) is 0 Å². The first-order chi connectivity index (χ1) is 10.8. The van der Waals surface area contributed by atoms with E-state index >= 15 is 0 Å². The average Bonchev–Trinajstić information content (AvgIpc) is 2.58. The van der Waals surface area contributed by atoms with E-state index in [1.54, 1.807) is 6.92 Å². The molecule has 0 aliphatic rings. The molecule has 0 aromatic heterocycles. The Labute approximate surface area is 144 Å². The molecule has 0 fully saturated rings. The molecule has 0 spiro atoms. The Morgan fingerprint density at radius 2 is 0.870 bits per heavy atom. The second-order valence-corrected chi connectivity index (χ2v) is 8.72. The molecule has 3 aromatic rings. The minimum Gasteiger partial charge on any atom is -0.252 e. The van der Waals surface area contributed by atoms with Crippen LogP contribution in [0, 0.1) is 0 Å². The van der Waals surface area contributed by atoms with Gasteiger partial charge in [0.25, 0.3) is 5.52 Å². The van der Waals surface area contributed by atoms with Crippen molar-refractivity contribution in [3.8, 4) is 0 Å². The Hall–Kier alpha value is -1.95. The van der Waals surface area contributed by atoms with Crippen molar-refractivity contribution in [2.75, 3.05) is 0 Å². The summed E-state index contributed by atoms with van der Waals surface area (Å²) in [5.74, 6) is 0. The van der Waals surface area contributed by atoms with Crippen molar-refractivity contribution in [1.82, 2.24) is 0 Å². The van der Waals surface area contributed by atoms with Crippen molar-refractivity contribution in [3.63, 3.8) is 0 Å². The summed E-state index contributed by atoms with van der Waals surface area (Å²) in [5.41, 5.74) is 0.232. The molecule has 0 bridgehead atoms. The lowest BCUT2D eigenvalue weighted by atomic mass is 10.4. The van der Waals surface area contributed by atoms with Gasteiger partial charge in [-0.05, 0) is 36.4 Å². The Bertz CT molecular complexity index is 661. The zero-order chi connectivity index (χ0) is 15.4. The molecule has 3 heteroatoms. The number of carbonyl (C=O) groups excluding carboxylic acids is 1. The number of carbonyl (C=O) groups is 1. The maximum atomic E-state index is 12.9. The molecule has 0 saturated carbocycles. The second-order valence-electron chi connectivity index (χ2n) is 5.20. The van der Waals surface area contributed by atoms with E-state index in [9.17, 15) is 4.79 Å². The predicted molar refractivity (Wildman–Crippen MR) is 103 cm³/mol. The first-order valence-corrected chi connectivity index (χ1v) is 9.12. The third kappa shape index (κ3) is 3.08. The predicted octanol–water partition coefficient (Wildman–Crippen LogP) is 3.95. The molecule has 23 heavy (non-hydrogen) atoms. The number of hydrogen-bond donors (Lipinski definition) is 0. The monoisotopic (exact) mass is 341 g/mol. The van der Waals surface area contributed by atoms with Crippen LogP contribution in [0.4, 0.5) is 0 Å². The van der Waals surface area contributed by atoms with Crippen LogP contribution in [-0.4, -0.2) is 5.52 Å². The van der Waals surface area contributed by atoms with Gasteiger partial charge in [0, 0.05) is 6.92 Å². The summed E-state index contributed by atoms with van der Waals surface area (Å²) in [5, 5.41) is 3.33. The molecule has 116 valence electrons. The van der Waals surface area contributed by atoms with Crippen LogP contribution < -0.4 is 15.9 Å². The van der Waals surface area contributed by atoms with Crippen molar-refractivity contribution >= 4 is 41.1 Å². The first-order valence-electron chi connectivity index (χ1n) is 7.33. The highest BCUT2D eigenvalue weighted by atomic mass is 35.5. The topological polar surface area (TPSA) is 17.1 Å². The maximum absolute atomic E-state index is 12.9. The molecule has 0 radical (unpaired) electrons. The van der Waals surface area contributed by atoms with Gasteiger partial charge in [0.15, 0.2) is 7.26 Å². The normalized spacial score (nSPS) is 10.7. The van der Waals surface area contributed by atoms with Gasteiger partial charge in [-0.3, -0.25) is 4.79 Å². The van der Waals surface area contributed by atoms with E-state index in [2.05, 4.69) is 36.4 Å². The van der Waals surface area contributed by atoms with Crippen molar-refractivity contribution in [2.45, 2.75) is 6.92 Å². The third-order valence-corrected chi connectivity index (χ3v) is 8.07. The molecular formula is C20H19ClOP+. The van der Waals surface area contributed by atoms with Gasteiger partial charge in [0.05, 0.1) is 0 Å². The smallest absolute Gasteiger partial charge is 0.252 e. The summed E-state index contributed by atoms with van der Waals surface area (Å²) >= 11 is 0. The Morgan fingerprint density at radius 1 is 0.609 bits per heavy atom.